The molecule has 0 aromatic heterocycles. The fourth-order valence-electron chi connectivity index (χ4n) is 4.28. The lowest BCUT2D eigenvalue weighted by atomic mass is 9.86. The highest BCUT2D eigenvalue weighted by atomic mass is 32.2. The third-order valence-electron chi connectivity index (χ3n) is 6.05. The van der Waals surface area contributed by atoms with E-state index in [1.54, 1.807) is 0 Å². The summed E-state index contributed by atoms with van der Waals surface area (Å²) in [5.41, 5.74) is -2.52. The number of ether oxygens (including phenoxy) is 1. The summed E-state index contributed by atoms with van der Waals surface area (Å²) in [6.45, 7) is 1.61. The molecule has 2 amide bonds. The number of alkyl halides is 1. The molecule has 2 heterocycles. The standard InChI is InChI=1S/C20H24F2N2O6S/c1-3-4-11-30-18(27)24(17(25)26)16-19(2)10-9-15(31(19,28)29)20(12-21,23-16)13-7-5-6-8-14(13)22/h5-8,15H,3-4,9-12H2,1-2H3,(H,25,26)/t15-,19+,20-/m0/s1. The smallest absolute Gasteiger partial charge is 0.425 e. The molecule has 2 aliphatic heterocycles. The van der Waals surface area contributed by atoms with Gasteiger partial charge in [0.1, 0.15) is 28.6 Å². The number of benzene rings is 1. The maximum absolute atomic E-state index is 14.7. The van der Waals surface area contributed by atoms with E-state index >= 15 is 0 Å². The molecule has 0 radical (unpaired) electrons. The van der Waals surface area contributed by atoms with Crippen molar-refractivity contribution < 1.29 is 36.6 Å². The van der Waals surface area contributed by atoms with Gasteiger partial charge in [-0.3, -0.25) is 4.99 Å². The first-order chi connectivity index (χ1) is 14.6. The number of sulfone groups is 1. The summed E-state index contributed by atoms with van der Waals surface area (Å²) >= 11 is 0. The Labute approximate surface area is 178 Å². The van der Waals surface area contributed by atoms with E-state index < -0.39 is 55.9 Å². The summed E-state index contributed by atoms with van der Waals surface area (Å²) in [6.07, 6.45) is -2.17. The maximum Gasteiger partial charge on any atom is 0.425 e. The van der Waals surface area contributed by atoms with Crippen LogP contribution < -0.4 is 0 Å². The number of fused-ring (bicyclic) bond motifs is 2. The SMILES string of the molecule is CCCCOC(=O)N(C(=O)O)C1=N[C@@](CF)(c2ccccc2F)[C@@H]2CC[C@@]1(C)S2(=O)=O. The van der Waals surface area contributed by atoms with Crippen LogP contribution in [0.2, 0.25) is 0 Å². The lowest BCUT2D eigenvalue weighted by Crippen LogP contribution is -2.61. The predicted octanol–water partition coefficient (Wildman–Crippen LogP) is 3.66. The normalized spacial score (nSPS) is 28.6. The van der Waals surface area contributed by atoms with E-state index in [0.29, 0.717) is 12.8 Å². The van der Waals surface area contributed by atoms with Gasteiger partial charge in [-0.05, 0) is 32.3 Å². The number of nitrogens with zero attached hydrogens (tertiary/aromatic N) is 2. The predicted molar refractivity (Wildman–Crippen MR) is 108 cm³/mol. The van der Waals surface area contributed by atoms with E-state index in [1.807, 2.05) is 6.92 Å². The van der Waals surface area contributed by atoms with Gasteiger partial charge in [0.2, 0.25) is 0 Å². The van der Waals surface area contributed by atoms with Crippen molar-refractivity contribution in [3.63, 3.8) is 0 Å². The van der Waals surface area contributed by atoms with Crippen molar-refractivity contribution in [2.24, 2.45) is 4.99 Å². The number of hydrogen-bond acceptors (Lipinski definition) is 6. The van der Waals surface area contributed by atoms with Gasteiger partial charge in [0, 0.05) is 5.56 Å². The van der Waals surface area contributed by atoms with Crippen LogP contribution in [0, 0.1) is 5.82 Å². The van der Waals surface area contributed by atoms with Crippen LogP contribution in [0.15, 0.2) is 29.3 Å². The second-order valence-electron chi connectivity index (χ2n) is 7.86. The van der Waals surface area contributed by atoms with Crippen molar-refractivity contribution in [1.29, 1.82) is 0 Å². The van der Waals surface area contributed by atoms with Gasteiger partial charge in [0.25, 0.3) is 0 Å². The molecule has 1 N–H and O–H groups in total. The van der Waals surface area contributed by atoms with Crippen molar-refractivity contribution in [3.05, 3.63) is 35.6 Å². The number of rotatable bonds is 5. The van der Waals surface area contributed by atoms with Crippen LogP contribution in [-0.2, 0) is 20.1 Å². The Bertz CT molecular complexity index is 1030. The maximum atomic E-state index is 14.7. The Morgan fingerprint density at radius 1 is 1.35 bits per heavy atom. The Morgan fingerprint density at radius 3 is 2.61 bits per heavy atom. The molecule has 1 aromatic rings. The number of unbranched alkanes of at least 4 members (excludes halogenated alkanes) is 1. The van der Waals surface area contributed by atoms with E-state index in [1.165, 1.54) is 25.1 Å². The minimum atomic E-state index is -4.25. The molecule has 3 atom stereocenters. The second-order valence-corrected chi connectivity index (χ2v) is 10.4. The van der Waals surface area contributed by atoms with E-state index in [4.69, 9.17) is 4.74 Å². The largest absolute Gasteiger partial charge is 0.464 e. The molecule has 0 unspecified atom stereocenters. The van der Waals surface area contributed by atoms with Gasteiger partial charge in [-0.2, -0.15) is 4.90 Å². The zero-order valence-electron chi connectivity index (χ0n) is 17.2. The lowest BCUT2D eigenvalue weighted by molar-refractivity contribution is 0.111. The van der Waals surface area contributed by atoms with Gasteiger partial charge in [-0.15, -0.1) is 0 Å². The Morgan fingerprint density at radius 2 is 2.03 bits per heavy atom. The van der Waals surface area contributed by atoms with Crippen LogP contribution >= 0.6 is 0 Å². The van der Waals surface area contributed by atoms with Gasteiger partial charge in [0.05, 0.1) is 11.9 Å². The van der Waals surface area contributed by atoms with Crippen LogP contribution in [0.3, 0.4) is 0 Å². The zero-order valence-corrected chi connectivity index (χ0v) is 18.0. The molecular formula is C20H24F2N2O6S. The molecule has 0 saturated carbocycles. The zero-order chi connectivity index (χ0) is 23.0. The number of amides is 2. The first-order valence-corrected chi connectivity index (χ1v) is 11.5. The molecule has 3 rings (SSSR count). The molecular weight excluding hydrogens is 434 g/mol. The van der Waals surface area contributed by atoms with Crippen LogP contribution in [0.4, 0.5) is 18.4 Å². The highest BCUT2D eigenvalue weighted by molar-refractivity contribution is 7.94. The third kappa shape index (κ3) is 3.38. The lowest BCUT2D eigenvalue weighted by Gasteiger charge is -2.42. The van der Waals surface area contributed by atoms with Crippen molar-refractivity contribution in [1.82, 2.24) is 4.90 Å². The van der Waals surface area contributed by atoms with Crippen molar-refractivity contribution >= 4 is 27.9 Å². The van der Waals surface area contributed by atoms with Gasteiger partial charge in [-0.25, -0.2) is 26.8 Å². The van der Waals surface area contributed by atoms with E-state index in [-0.39, 0.29) is 29.9 Å². The monoisotopic (exact) mass is 458 g/mol. The number of carbonyl (C=O) groups excluding carboxylic acids is 1. The van der Waals surface area contributed by atoms with Crippen LogP contribution in [0.25, 0.3) is 0 Å². The minimum Gasteiger partial charge on any atom is -0.464 e. The summed E-state index contributed by atoms with van der Waals surface area (Å²) in [7, 11) is -4.25. The average Bonchev–Trinajstić information content (AvgIpc) is 2.87. The quantitative estimate of drug-likeness (QED) is 0.674. The molecule has 8 nitrogen and oxygen atoms in total. The molecule has 2 bridgehead atoms. The Balaban J connectivity index is 2.25. The average molecular weight is 458 g/mol. The number of imide groups is 1. The van der Waals surface area contributed by atoms with Gasteiger partial charge in [-0.1, -0.05) is 31.5 Å². The number of hydrogen-bond donors (Lipinski definition) is 1. The number of halogens is 2. The van der Waals surface area contributed by atoms with Crippen LogP contribution in [0.1, 0.15) is 45.1 Å². The van der Waals surface area contributed by atoms with Crippen LogP contribution in [0.5, 0.6) is 0 Å². The Hall–Kier alpha value is -2.56. The second kappa shape index (κ2) is 8.18. The summed E-state index contributed by atoms with van der Waals surface area (Å²) in [5.74, 6) is -1.54. The fourth-order valence-corrected chi connectivity index (χ4v) is 6.88. The van der Waals surface area contributed by atoms with E-state index in [2.05, 4.69) is 4.99 Å². The number of carbonyl (C=O) groups is 2. The molecule has 0 spiro atoms. The Kier molecular flexibility index (Phi) is 6.09. The van der Waals surface area contributed by atoms with Gasteiger partial charge in [0.15, 0.2) is 9.84 Å². The van der Waals surface area contributed by atoms with E-state index in [0.717, 1.165) is 6.07 Å². The molecule has 11 heteroatoms. The number of aliphatic imine (C=N–C) groups is 1. The molecule has 170 valence electrons. The van der Waals surface area contributed by atoms with E-state index in [9.17, 15) is 31.9 Å². The molecule has 1 saturated heterocycles. The van der Waals surface area contributed by atoms with Crippen molar-refractivity contribution in [2.45, 2.75) is 55.1 Å². The molecule has 0 aliphatic carbocycles. The highest BCUT2D eigenvalue weighted by Gasteiger charge is 2.67. The summed E-state index contributed by atoms with van der Waals surface area (Å²) in [6, 6.07) is 5.04. The van der Waals surface area contributed by atoms with Crippen LogP contribution in [-0.4, -0.2) is 59.7 Å². The topological polar surface area (TPSA) is 113 Å². The molecule has 31 heavy (non-hydrogen) atoms. The van der Waals surface area contributed by atoms with Crippen molar-refractivity contribution in [3.8, 4) is 0 Å². The first kappa shape index (κ1) is 23.1. The first-order valence-electron chi connectivity index (χ1n) is 9.91. The highest BCUT2D eigenvalue weighted by Crippen LogP contribution is 2.53. The molecule has 2 aliphatic rings. The fraction of sp³-hybridized carbons (Fsp3) is 0.550. The van der Waals surface area contributed by atoms with Crippen molar-refractivity contribution in [2.75, 3.05) is 13.3 Å². The number of amidine groups is 1. The summed E-state index contributed by atoms with van der Waals surface area (Å²) in [4.78, 5) is 28.9. The summed E-state index contributed by atoms with van der Waals surface area (Å²) in [5, 5.41) is 8.31. The molecule has 1 fully saturated rings. The third-order valence-corrected chi connectivity index (χ3v) is 9.07. The summed E-state index contributed by atoms with van der Waals surface area (Å²) < 4.78 is 59.3. The molecule has 1 aromatic carbocycles. The minimum absolute atomic E-state index is 0.0670. The van der Waals surface area contributed by atoms with Gasteiger partial charge < -0.3 is 9.84 Å². The van der Waals surface area contributed by atoms with Gasteiger partial charge >= 0.3 is 12.2 Å². The number of carboxylic acid groups (broad SMARTS) is 1.